The van der Waals surface area contributed by atoms with Crippen LogP contribution in [0.1, 0.15) is 12.5 Å². The minimum atomic E-state index is -1.20. The molecule has 6 nitrogen and oxygen atoms in total. The fourth-order valence-corrected chi connectivity index (χ4v) is 1.57. The average Bonchev–Trinajstić information content (AvgIpc) is 2.43. The van der Waals surface area contributed by atoms with Gasteiger partial charge in [0.25, 0.3) is 0 Å². The third-order valence-electron chi connectivity index (χ3n) is 2.59. The summed E-state index contributed by atoms with van der Waals surface area (Å²) in [6, 6.07) is 9.27. The number of ether oxygens (including phenoxy) is 1. The minimum Gasteiger partial charge on any atom is -0.386 e. The Morgan fingerprint density at radius 1 is 1.20 bits per heavy atom. The standard InChI is InChI=1S/C14H20N2O4/c1-14(19,10-20-2)9-16-13(18)12(17)15-8-11-6-4-3-5-7-11/h3-7,19H,8-10H2,1-2H3,(H,15,17)(H,16,18). The van der Waals surface area contributed by atoms with Gasteiger partial charge in [-0.2, -0.15) is 0 Å². The number of carbonyl (C=O) groups is 2. The van der Waals surface area contributed by atoms with Crippen LogP contribution in [0, 0.1) is 0 Å². The summed E-state index contributed by atoms with van der Waals surface area (Å²) in [5, 5.41) is 14.6. The molecule has 2 amide bonds. The van der Waals surface area contributed by atoms with E-state index in [4.69, 9.17) is 4.74 Å². The van der Waals surface area contributed by atoms with E-state index in [-0.39, 0.29) is 19.7 Å². The predicted octanol–water partition coefficient (Wildman–Crippen LogP) is -0.184. The molecule has 1 unspecified atom stereocenters. The Morgan fingerprint density at radius 3 is 2.40 bits per heavy atom. The van der Waals surface area contributed by atoms with Crippen LogP contribution in [0.15, 0.2) is 30.3 Å². The summed E-state index contributed by atoms with van der Waals surface area (Å²) in [5.74, 6) is -1.51. The van der Waals surface area contributed by atoms with E-state index >= 15 is 0 Å². The van der Waals surface area contributed by atoms with Crippen molar-refractivity contribution in [1.29, 1.82) is 0 Å². The zero-order chi connectivity index (χ0) is 15.0. The molecule has 0 fully saturated rings. The molecule has 0 bridgehead atoms. The van der Waals surface area contributed by atoms with Crippen LogP contribution in [-0.4, -0.2) is 42.8 Å². The zero-order valence-corrected chi connectivity index (χ0v) is 11.7. The molecule has 1 atom stereocenters. The van der Waals surface area contributed by atoms with Gasteiger partial charge in [0.1, 0.15) is 5.60 Å². The number of carbonyl (C=O) groups excluding carboxylic acids is 2. The first-order valence-corrected chi connectivity index (χ1v) is 6.26. The number of benzene rings is 1. The van der Waals surface area contributed by atoms with Crippen LogP contribution < -0.4 is 10.6 Å². The average molecular weight is 280 g/mol. The quantitative estimate of drug-likeness (QED) is 0.631. The van der Waals surface area contributed by atoms with Gasteiger partial charge in [0.2, 0.25) is 0 Å². The van der Waals surface area contributed by atoms with Crippen molar-refractivity contribution >= 4 is 11.8 Å². The van der Waals surface area contributed by atoms with Gasteiger partial charge in [-0.25, -0.2) is 0 Å². The van der Waals surface area contributed by atoms with Crippen LogP contribution in [0.25, 0.3) is 0 Å². The monoisotopic (exact) mass is 280 g/mol. The van der Waals surface area contributed by atoms with Crippen LogP contribution in [0.4, 0.5) is 0 Å². The van der Waals surface area contributed by atoms with Crippen LogP contribution in [0.2, 0.25) is 0 Å². The molecule has 1 rings (SSSR count). The SMILES string of the molecule is COCC(C)(O)CNC(=O)C(=O)NCc1ccccc1. The summed E-state index contributed by atoms with van der Waals surface area (Å²) in [6.45, 7) is 1.80. The predicted molar refractivity (Wildman–Crippen MR) is 73.8 cm³/mol. The molecule has 0 saturated heterocycles. The number of methoxy groups -OCH3 is 1. The van der Waals surface area contributed by atoms with Crippen molar-refractivity contribution in [3.63, 3.8) is 0 Å². The van der Waals surface area contributed by atoms with Gasteiger partial charge in [-0.1, -0.05) is 30.3 Å². The molecule has 0 heterocycles. The van der Waals surface area contributed by atoms with Crippen molar-refractivity contribution in [2.24, 2.45) is 0 Å². The van der Waals surface area contributed by atoms with E-state index in [0.29, 0.717) is 0 Å². The largest absolute Gasteiger partial charge is 0.386 e. The number of hydrogen-bond donors (Lipinski definition) is 3. The second-order valence-corrected chi connectivity index (χ2v) is 4.78. The number of hydrogen-bond acceptors (Lipinski definition) is 4. The lowest BCUT2D eigenvalue weighted by molar-refractivity contribution is -0.140. The molecule has 0 aliphatic carbocycles. The van der Waals surface area contributed by atoms with E-state index in [9.17, 15) is 14.7 Å². The van der Waals surface area contributed by atoms with Crippen LogP contribution in [0.3, 0.4) is 0 Å². The van der Waals surface area contributed by atoms with E-state index < -0.39 is 17.4 Å². The summed E-state index contributed by atoms with van der Waals surface area (Å²) in [5.41, 5.74) is -0.301. The fourth-order valence-electron chi connectivity index (χ4n) is 1.57. The molecule has 0 aliphatic rings. The molecule has 0 spiro atoms. The van der Waals surface area contributed by atoms with E-state index in [1.165, 1.54) is 14.0 Å². The van der Waals surface area contributed by atoms with Gasteiger partial charge in [-0.15, -0.1) is 0 Å². The van der Waals surface area contributed by atoms with Crippen LogP contribution >= 0.6 is 0 Å². The Labute approximate surface area is 118 Å². The van der Waals surface area contributed by atoms with Crippen molar-refractivity contribution in [1.82, 2.24) is 10.6 Å². The molecule has 1 aromatic rings. The van der Waals surface area contributed by atoms with Gasteiger partial charge >= 0.3 is 11.8 Å². The Bertz CT molecular complexity index is 446. The normalized spacial score (nSPS) is 13.3. The molecule has 6 heteroatoms. The van der Waals surface area contributed by atoms with Gasteiger partial charge in [-0.05, 0) is 12.5 Å². The van der Waals surface area contributed by atoms with E-state index in [1.807, 2.05) is 30.3 Å². The Kier molecular flexibility index (Phi) is 6.14. The first-order chi connectivity index (χ1) is 9.44. The topological polar surface area (TPSA) is 87.7 Å². The first-order valence-electron chi connectivity index (χ1n) is 6.26. The zero-order valence-electron chi connectivity index (χ0n) is 11.7. The smallest absolute Gasteiger partial charge is 0.309 e. The van der Waals surface area contributed by atoms with Crippen molar-refractivity contribution < 1.29 is 19.4 Å². The maximum atomic E-state index is 11.6. The second kappa shape index (κ2) is 7.62. The molecule has 3 N–H and O–H groups in total. The molecule has 110 valence electrons. The molecule has 0 aliphatic heterocycles. The molecular formula is C14H20N2O4. The fraction of sp³-hybridized carbons (Fsp3) is 0.429. The lowest BCUT2D eigenvalue weighted by Gasteiger charge is -2.22. The lowest BCUT2D eigenvalue weighted by atomic mass is 10.1. The van der Waals surface area contributed by atoms with E-state index in [1.54, 1.807) is 0 Å². The molecule has 20 heavy (non-hydrogen) atoms. The van der Waals surface area contributed by atoms with Gasteiger partial charge in [0.05, 0.1) is 6.61 Å². The maximum Gasteiger partial charge on any atom is 0.309 e. The summed E-state index contributed by atoms with van der Waals surface area (Å²) in [6.07, 6.45) is 0. The third-order valence-corrected chi connectivity index (χ3v) is 2.59. The second-order valence-electron chi connectivity index (χ2n) is 4.78. The highest BCUT2D eigenvalue weighted by atomic mass is 16.5. The summed E-state index contributed by atoms with van der Waals surface area (Å²) in [4.78, 5) is 23.1. The van der Waals surface area contributed by atoms with Crippen molar-refractivity contribution in [3.05, 3.63) is 35.9 Å². The van der Waals surface area contributed by atoms with Gasteiger partial charge < -0.3 is 20.5 Å². The van der Waals surface area contributed by atoms with Crippen molar-refractivity contribution in [2.45, 2.75) is 19.1 Å². The summed E-state index contributed by atoms with van der Waals surface area (Å²) in [7, 11) is 1.45. The van der Waals surface area contributed by atoms with Crippen molar-refractivity contribution in [3.8, 4) is 0 Å². The highest BCUT2D eigenvalue weighted by Crippen LogP contribution is 2.01. The molecular weight excluding hydrogens is 260 g/mol. The molecule has 0 saturated carbocycles. The van der Waals surface area contributed by atoms with Gasteiger partial charge in [0.15, 0.2) is 0 Å². The van der Waals surface area contributed by atoms with Gasteiger partial charge in [-0.3, -0.25) is 9.59 Å². The van der Waals surface area contributed by atoms with Crippen LogP contribution in [-0.2, 0) is 20.9 Å². The highest BCUT2D eigenvalue weighted by molar-refractivity contribution is 6.35. The summed E-state index contributed by atoms with van der Waals surface area (Å²) < 4.78 is 4.80. The van der Waals surface area contributed by atoms with E-state index in [0.717, 1.165) is 5.56 Å². The van der Waals surface area contributed by atoms with E-state index in [2.05, 4.69) is 10.6 Å². The maximum absolute atomic E-state index is 11.6. The number of aliphatic hydroxyl groups is 1. The number of rotatable bonds is 6. The Hall–Kier alpha value is -1.92. The Morgan fingerprint density at radius 2 is 1.80 bits per heavy atom. The minimum absolute atomic E-state index is 0.0571. The third kappa shape index (κ3) is 5.81. The molecule has 0 aromatic heterocycles. The van der Waals surface area contributed by atoms with Crippen molar-refractivity contribution in [2.75, 3.05) is 20.3 Å². The molecule has 0 radical (unpaired) electrons. The van der Waals surface area contributed by atoms with Crippen LogP contribution in [0.5, 0.6) is 0 Å². The number of amides is 2. The lowest BCUT2D eigenvalue weighted by Crippen LogP contribution is -2.48. The molecule has 1 aromatic carbocycles. The summed E-state index contributed by atoms with van der Waals surface area (Å²) >= 11 is 0. The Balaban J connectivity index is 2.34. The highest BCUT2D eigenvalue weighted by Gasteiger charge is 2.23. The first kappa shape index (κ1) is 16.1. The van der Waals surface area contributed by atoms with Gasteiger partial charge in [0, 0.05) is 20.2 Å². The number of nitrogens with one attached hydrogen (secondary N) is 2.